The molecule has 0 fully saturated rings. The second-order valence-electron chi connectivity index (χ2n) is 7.04. The van der Waals surface area contributed by atoms with Gasteiger partial charge in [-0.2, -0.15) is 0 Å². The number of hydrogen-bond donors (Lipinski definition) is 1. The number of methoxy groups -OCH3 is 1. The Morgan fingerprint density at radius 3 is 2.39 bits per heavy atom. The summed E-state index contributed by atoms with van der Waals surface area (Å²) in [5, 5.41) is 2.32. The van der Waals surface area contributed by atoms with Crippen LogP contribution in [-0.2, 0) is 6.54 Å². The summed E-state index contributed by atoms with van der Waals surface area (Å²) >= 11 is 0. The second-order valence-corrected chi connectivity index (χ2v) is 7.04. The van der Waals surface area contributed by atoms with Gasteiger partial charge in [-0.05, 0) is 44.2 Å². The van der Waals surface area contributed by atoms with Gasteiger partial charge in [-0.25, -0.2) is 9.97 Å². The molecule has 0 saturated heterocycles. The van der Waals surface area contributed by atoms with E-state index in [4.69, 9.17) is 9.72 Å². The van der Waals surface area contributed by atoms with E-state index >= 15 is 0 Å². The van der Waals surface area contributed by atoms with Crippen LogP contribution in [0.1, 0.15) is 34.3 Å². The van der Waals surface area contributed by atoms with Gasteiger partial charge in [-0.1, -0.05) is 30.3 Å². The van der Waals surface area contributed by atoms with Crippen molar-refractivity contribution in [2.45, 2.75) is 26.4 Å². The molecule has 0 amide bonds. The number of nitrogens with two attached hydrogens (primary N) is 1. The summed E-state index contributed by atoms with van der Waals surface area (Å²) in [6.45, 7) is 4.86. The van der Waals surface area contributed by atoms with E-state index in [9.17, 15) is 0 Å². The molecule has 0 spiro atoms. The molecule has 0 saturated carbocycles. The Hall–Kier alpha value is -3.18. The number of aryl methyl sites for hydroxylation is 2. The molecule has 4 rings (SSSR count). The molecule has 4 aromatic rings. The van der Waals surface area contributed by atoms with Crippen molar-refractivity contribution in [3.63, 3.8) is 0 Å². The summed E-state index contributed by atoms with van der Waals surface area (Å²) in [5.74, 6) is 1.63. The first-order valence-electron chi connectivity index (χ1n) is 9.48. The lowest BCUT2D eigenvalue weighted by Gasteiger charge is -2.16. The lowest BCUT2D eigenvalue weighted by molar-refractivity contribution is -0.702. The van der Waals surface area contributed by atoms with Crippen molar-refractivity contribution in [2.75, 3.05) is 7.11 Å². The summed E-state index contributed by atoms with van der Waals surface area (Å²) in [7, 11) is 1.69. The largest absolute Gasteiger partial charge is 0.497 e. The second kappa shape index (κ2) is 7.82. The average Bonchev–Trinajstić information content (AvgIpc) is 3.12. The molecule has 2 N–H and O–H groups in total. The Morgan fingerprint density at radius 2 is 1.68 bits per heavy atom. The maximum absolute atomic E-state index is 5.31. The summed E-state index contributed by atoms with van der Waals surface area (Å²) < 4.78 is 7.37. The first-order chi connectivity index (χ1) is 13.6. The highest BCUT2D eigenvalue weighted by atomic mass is 16.5. The molecule has 0 bridgehead atoms. The Labute approximate surface area is 165 Å². The predicted molar refractivity (Wildman–Crippen MR) is 109 cm³/mol. The van der Waals surface area contributed by atoms with Gasteiger partial charge in [0.1, 0.15) is 24.0 Å². The summed E-state index contributed by atoms with van der Waals surface area (Å²) in [5.41, 5.74) is 5.67. The minimum absolute atomic E-state index is 0.188. The third-order valence-corrected chi connectivity index (χ3v) is 5.01. The van der Waals surface area contributed by atoms with Crippen molar-refractivity contribution in [1.29, 1.82) is 0 Å². The zero-order valence-corrected chi connectivity index (χ0v) is 16.5. The summed E-state index contributed by atoms with van der Waals surface area (Å²) in [6.07, 6.45) is 2.09. The minimum atomic E-state index is 0.188. The standard InChI is InChI=1S/C23H24N4O/c1-16-13-17(2)27-15-20(26-23(27)25-16)14-24-22(18-7-5-4-6-8-18)19-9-11-21(28-3)12-10-19/h4-13,15,22,24H,14H2,1-3H3/p+1/t22-/m0/s1. The molecule has 0 aliphatic carbocycles. The maximum Gasteiger partial charge on any atom is 0.234 e. The third-order valence-electron chi connectivity index (χ3n) is 5.01. The molecule has 0 radical (unpaired) electrons. The van der Waals surface area contributed by atoms with Crippen LogP contribution in [0.4, 0.5) is 0 Å². The van der Waals surface area contributed by atoms with Gasteiger partial charge in [0.15, 0.2) is 0 Å². The molecule has 0 unspecified atom stereocenters. The Morgan fingerprint density at radius 1 is 0.964 bits per heavy atom. The van der Waals surface area contributed by atoms with Crippen molar-refractivity contribution in [3.8, 4) is 5.75 Å². The number of hydrogen-bond acceptors (Lipinski definition) is 3. The van der Waals surface area contributed by atoms with Crippen LogP contribution in [0.5, 0.6) is 5.75 Å². The molecule has 2 heterocycles. The van der Waals surface area contributed by atoms with Crippen LogP contribution in [0.3, 0.4) is 0 Å². The number of benzene rings is 2. The fourth-order valence-electron chi connectivity index (χ4n) is 3.59. The quantitative estimate of drug-likeness (QED) is 0.565. The molecular formula is C23H25N4O+. The van der Waals surface area contributed by atoms with Crippen LogP contribution in [0.15, 0.2) is 66.9 Å². The van der Waals surface area contributed by atoms with Gasteiger partial charge in [0, 0.05) is 28.7 Å². The molecule has 5 heteroatoms. The Balaban J connectivity index is 1.61. The van der Waals surface area contributed by atoms with Crippen molar-refractivity contribution in [2.24, 2.45) is 0 Å². The molecule has 28 heavy (non-hydrogen) atoms. The van der Waals surface area contributed by atoms with Gasteiger partial charge in [-0.15, -0.1) is 0 Å². The average molecular weight is 373 g/mol. The lowest BCUT2D eigenvalue weighted by Crippen LogP contribution is -2.84. The van der Waals surface area contributed by atoms with E-state index in [2.05, 4.69) is 70.3 Å². The first-order valence-corrected chi connectivity index (χ1v) is 9.48. The summed E-state index contributed by atoms with van der Waals surface area (Å²) in [6, 6.07) is 21.1. The van der Waals surface area contributed by atoms with E-state index in [1.54, 1.807) is 7.11 Å². The van der Waals surface area contributed by atoms with E-state index in [0.717, 1.165) is 35.2 Å². The Bertz CT molecular complexity index is 1070. The molecule has 1 atom stereocenters. The van der Waals surface area contributed by atoms with E-state index in [0.29, 0.717) is 0 Å². The van der Waals surface area contributed by atoms with Crippen molar-refractivity contribution in [1.82, 2.24) is 14.4 Å². The predicted octanol–water partition coefficient (Wildman–Crippen LogP) is 3.21. The van der Waals surface area contributed by atoms with Crippen molar-refractivity contribution in [3.05, 3.63) is 95.1 Å². The molecule has 0 aliphatic heterocycles. The first kappa shape index (κ1) is 18.2. The van der Waals surface area contributed by atoms with Gasteiger partial charge >= 0.3 is 0 Å². The zero-order chi connectivity index (χ0) is 19.5. The summed E-state index contributed by atoms with van der Waals surface area (Å²) in [4.78, 5) is 9.27. The highest BCUT2D eigenvalue weighted by molar-refractivity contribution is 5.35. The van der Waals surface area contributed by atoms with Crippen LogP contribution in [0.2, 0.25) is 0 Å². The van der Waals surface area contributed by atoms with Crippen LogP contribution in [0.25, 0.3) is 5.78 Å². The fraction of sp³-hybridized carbons (Fsp3) is 0.217. The number of nitrogens with zero attached hydrogens (tertiary/aromatic N) is 3. The topological polar surface area (TPSA) is 56.0 Å². The van der Waals surface area contributed by atoms with Gasteiger partial charge in [0.05, 0.1) is 7.11 Å². The molecule has 2 aromatic carbocycles. The van der Waals surface area contributed by atoms with Crippen molar-refractivity contribution >= 4 is 5.78 Å². The highest BCUT2D eigenvalue weighted by Crippen LogP contribution is 2.21. The number of imidazole rings is 1. The van der Waals surface area contributed by atoms with Crippen LogP contribution < -0.4 is 10.1 Å². The van der Waals surface area contributed by atoms with E-state index in [-0.39, 0.29) is 6.04 Å². The molecule has 142 valence electrons. The monoisotopic (exact) mass is 373 g/mol. The molecule has 5 nitrogen and oxygen atoms in total. The number of rotatable bonds is 6. The number of quaternary nitrogens is 1. The lowest BCUT2D eigenvalue weighted by atomic mass is 9.98. The van der Waals surface area contributed by atoms with Gasteiger partial charge in [-0.3, -0.25) is 4.40 Å². The highest BCUT2D eigenvalue weighted by Gasteiger charge is 2.18. The SMILES string of the molecule is COc1ccc([C@@H]([NH2+]Cc2cn3c(C)cc(C)nc3n2)c2ccccc2)cc1. The number of fused-ring (bicyclic) bond motifs is 1. The maximum atomic E-state index is 5.31. The fourth-order valence-corrected chi connectivity index (χ4v) is 3.59. The smallest absolute Gasteiger partial charge is 0.234 e. The van der Waals surface area contributed by atoms with Crippen LogP contribution in [-0.4, -0.2) is 21.5 Å². The van der Waals surface area contributed by atoms with E-state index in [1.165, 1.54) is 11.1 Å². The van der Waals surface area contributed by atoms with E-state index in [1.807, 2.05) is 25.1 Å². The molecule has 2 aromatic heterocycles. The third kappa shape index (κ3) is 3.75. The van der Waals surface area contributed by atoms with E-state index < -0.39 is 0 Å². The van der Waals surface area contributed by atoms with Crippen LogP contribution in [0, 0.1) is 13.8 Å². The molecule has 0 aliphatic rings. The number of ether oxygens (including phenoxy) is 1. The van der Waals surface area contributed by atoms with Gasteiger partial charge < -0.3 is 10.1 Å². The minimum Gasteiger partial charge on any atom is -0.497 e. The van der Waals surface area contributed by atoms with Crippen molar-refractivity contribution < 1.29 is 10.1 Å². The van der Waals surface area contributed by atoms with Gasteiger partial charge in [0.25, 0.3) is 0 Å². The van der Waals surface area contributed by atoms with Crippen LogP contribution >= 0.6 is 0 Å². The number of aromatic nitrogens is 3. The zero-order valence-electron chi connectivity index (χ0n) is 16.5. The normalized spacial score (nSPS) is 12.2. The van der Waals surface area contributed by atoms with Gasteiger partial charge in [0.2, 0.25) is 5.78 Å². The Kier molecular flexibility index (Phi) is 5.08. The molecular weight excluding hydrogens is 348 g/mol.